The van der Waals surface area contributed by atoms with E-state index in [0.717, 1.165) is 4.47 Å². The third-order valence-electron chi connectivity index (χ3n) is 4.12. The van der Waals surface area contributed by atoms with Gasteiger partial charge < -0.3 is 15.2 Å². The van der Waals surface area contributed by atoms with Gasteiger partial charge in [-0.25, -0.2) is 0 Å². The molecule has 1 fully saturated rings. The number of aliphatic hydroxyl groups is 1. The summed E-state index contributed by atoms with van der Waals surface area (Å²) in [4.78, 5) is 23.6. The third-order valence-corrected chi connectivity index (χ3v) is 4.61. The first-order valence-electron chi connectivity index (χ1n) is 7.27. The molecule has 0 aliphatic heterocycles. The Hall–Kier alpha value is -1.40. The minimum atomic E-state index is -0.952. The predicted octanol–water partition coefficient (Wildman–Crippen LogP) is 2.27. The van der Waals surface area contributed by atoms with E-state index in [1.807, 2.05) is 6.07 Å². The van der Waals surface area contributed by atoms with Crippen LogP contribution in [0.15, 0.2) is 28.7 Å². The SMILES string of the molecule is COC(=O)C1CCC(O)(CNC(=O)c2cccc(Br)c2)CC1. The zero-order valence-corrected chi connectivity index (χ0v) is 14.1. The molecule has 5 nitrogen and oxygen atoms in total. The predicted molar refractivity (Wildman–Crippen MR) is 85.4 cm³/mol. The number of hydrogen-bond donors (Lipinski definition) is 2. The molecular weight excluding hydrogens is 350 g/mol. The first kappa shape index (κ1) is 17.0. The average Bonchev–Trinajstić information content (AvgIpc) is 2.52. The first-order chi connectivity index (χ1) is 10.4. The zero-order chi connectivity index (χ0) is 16.2. The van der Waals surface area contributed by atoms with Crippen LogP contribution >= 0.6 is 15.9 Å². The largest absolute Gasteiger partial charge is 0.469 e. The molecule has 2 rings (SSSR count). The van der Waals surface area contributed by atoms with Crippen molar-refractivity contribution >= 4 is 27.8 Å². The number of esters is 1. The van der Waals surface area contributed by atoms with Crippen molar-refractivity contribution in [2.45, 2.75) is 31.3 Å². The molecule has 0 saturated heterocycles. The highest BCUT2D eigenvalue weighted by atomic mass is 79.9. The third kappa shape index (κ3) is 4.30. The van der Waals surface area contributed by atoms with Crippen LogP contribution in [-0.4, -0.2) is 36.2 Å². The Balaban J connectivity index is 1.86. The number of carbonyl (C=O) groups excluding carboxylic acids is 2. The highest BCUT2D eigenvalue weighted by Gasteiger charge is 2.36. The van der Waals surface area contributed by atoms with E-state index in [2.05, 4.69) is 21.2 Å². The van der Waals surface area contributed by atoms with Gasteiger partial charge in [0.15, 0.2) is 0 Å². The normalized spacial score (nSPS) is 24.6. The van der Waals surface area contributed by atoms with Crippen molar-refractivity contribution in [3.8, 4) is 0 Å². The quantitative estimate of drug-likeness (QED) is 0.798. The highest BCUT2D eigenvalue weighted by Crippen LogP contribution is 2.32. The lowest BCUT2D eigenvalue weighted by Gasteiger charge is -2.35. The molecule has 1 aliphatic carbocycles. The molecule has 0 spiro atoms. The Morgan fingerprint density at radius 2 is 2.09 bits per heavy atom. The van der Waals surface area contributed by atoms with Crippen LogP contribution < -0.4 is 5.32 Å². The minimum absolute atomic E-state index is 0.147. The fourth-order valence-corrected chi connectivity index (χ4v) is 3.11. The lowest BCUT2D eigenvalue weighted by molar-refractivity contribution is -0.148. The highest BCUT2D eigenvalue weighted by molar-refractivity contribution is 9.10. The van der Waals surface area contributed by atoms with E-state index in [9.17, 15) is 14.7 Å². The number of rotatable bonds is 4. The van der Waals surface area contributed by atoms with Crippen LogP contribution in [0.25, 0.3) is 0 Å². The molecule has 0 aromatic heterocycles. The van der Waals surface area contributed by atoms with E-state index in [1.54, 1.807) is 18.2 Å². The summed E-state index contributed by atoms with van der Waals surface area (Å²) in [7, 11) is 1.38. The van der Waals surface area contributed by atoms with Gasteiger partial charge in [0.25, 0.3) is 5.91 Å². The molecule has 0 heterocycles. The smallest absolute Gasteiger partial charge is 0.308 e. The summed E-state index contributed by atoms with van der Waals surface area (Å²) in [6.07, 6.45) is 2.11. The second-order valence-electron chi connectivity index (χ2n) is 5.71. The van der Waals surface area contributed by atoms with Crippen LogP contribution in [0, 0.1) is 5.92 Å². The van der Waals surface area contributed by atoms with Gasteiger partial charge in [0.05, 0.1) is 18.6 Å². The van der Waals surface area contributed by atoms with Crippen molar-refractivity contribution < 1.29 is 19.4 Å². The summed E-state index contributed by atoms with van der Waals surface area (Å²) in [5, 5.41) is 13.3. The fourth-order valence-electron chi connectivity index (χ4n) is 2.71. The molecule has 0 radical (unpaired) electrons. The average molecular weight is 370 g/mol. The van der Waals surface area contributed by atoms with E-state index in [4.69, 9.17) is 4.74 Å². The van der Waals surface area contributed by atoms with Gasteiger partial charge >= 0.3 is 5.97 Å². The Kier molecular flexibility index (Phi) is 5.58. The molecule has 0 bridgehead atoms. The Morgan fingerprint density at radius 1 is 1.41 bits per heavy atom. The van der Waals surface area contributed by atoms with E-state index < -0.39 is 5.60 Å². The number of ether oxygens (including phenoxy) is 1. The van der Waals surface area contributed by atoms with Gasteiger partial charge in [-0.05, 0) is 43.9 Å². The number of hydrogen-bond acceptors (Lipinski definition) is 4. The van der Waals surface area contributed by atoms with Gasteiger partial charge in [0, 0.05) is 16.6 Å². The van der Waals surface area contributed by atoms with Crippen molar-refractivity contribution in [2.24, 2.45) is 5.92 Å². The Labute approximate surface area is 138 Å². The molecule has 1 amide bonds. The summed E-state index contributed by atoms with van der Waals surface area (Å²) in [6, 6.07) is 7.08. The number of halogens is 1. The fraction of sp³-hybridized carbons (Fsp3) is 0.500. The molecule has 22 heavy (non-hydrogen) atoms. The van der Waals surface area contributed by atoms with Crippen LogP contribution in [0.2, 0.25) is 0 Å². The first-order valence-corrected chi connectivity index (χ1v) is 8.07. The summed E-state index contributed by atoms with van der Waals surface area (Å²) in [5.74, 6) is -0.587. The van der Waals surface area contributed by atoms with Crippen LogP contribution in [0.3, 0.4) is 0 Å². The maximum absolute atomic E-state index is 12.1. The number of carbonyl (C=O) groups is 2. The van der Waals surface area contributed by atoms with Crippen molar-refractivity contribution in [2.75, 3.05) is 13.7 Å². The molecule has 1 saturated carbocycles. The maximum Gasteiger partial charge on any atom is 0.308 e. The maximum atomic E-state index is 12.1. The Bertz CT molecular complexity index is 553. The summed E-state index contributed by atoms with van der Waals surface area (Å²) in [5.41, 5.74) is -0.409. The molecular formula is C16H20BrNO4. The lowest BCUT2D eigenvalue weighted by atomic mass is 9.78. The van der Waals surface area contributed by atoms with Gasteiger partial charge in [-0.15, -0.1) is 0 Å². The van der Waals surface area contributed by atoms with Gasteiger partial charge in [-0.1, -0.05) is 22.0 Å². The van der Waals surface area contributed by atoms with Gasteiger partial charge in [-0.2, -0.15) is 0 Å². The van der Waals surface area contributed by atoms with Crippen molar-refractivity contribution in [3.05, 3.63) is 34.3 Å². The molecule has 0 unspecified atom stereocenters. The summed E-state index contributed by atoms with van der Waals surface area (Å²) < 4.78 is 5.56. The van der Waals surface area contributed by atoms with Crippen molar-refractivity contribution in [1.29, 1.82) is 0 Å². The molecule has 0 atom stereocenters. The number of nitrogens with one attached hydrogen (secondary N) is 1. The monoisotopic (exact) mass is 369 g/mol. The molecule has 2 N–H and O–H groups in total. The van der Waals surface area contributed by atoms with Crippen LogP contribution in [-0.2, 0) is 9.53 Å². The van der Waals surface area contributed by atoms with Crippen molar-refractivity contribution in [1.82, 2.24) is 5.32 Å². The second kappa shape index (κ2) is 7.24. The molecule has 1 aromatic rings. The number of amides is 1. The second-order valence-corrected chi connectivity index (χ2v) is 6.63. The van der Waals surface area contributed by atoms with E-state index in [0.29, 0.717) is 31.2 Å². The van der Waals surface area contributed by atoms with Crippen LogP contribution in [0.1, 0.15) is 36.0 Å². The standard InChI is InChI=1S/C16H20BrNO4/c1-22-15(20)11-5-7-16(21,8-6-11)10-18-14(19)12-3-2-4-13(17)9-12/h2-4,9,11,21H,5-8,10H2,1H3,(H,18,19). The zero-order valence-electron chi connectivity index (χ0n) is 12.5. The summed E-state index contributed by atoms with van der Waals surface area (Å²) >= 11 is 3.32. The van der Waals surface area contributed by atoms with Gasteiger partial charge in [0.2, 0.25) is 0 Å². The topological polar surface area (TPSA) is 75.6 Å². The van der Waals surface area contributed by atoms with Crippen LogP contribution in [0.5, 0.6) is 0 Å². The van der Waals surface area contributed by atoms with E-state index in [1.165, 1.54) is 7.11 Å². The number of methoxy groups -OCH3 is 1. The minimum Gasteiger partial charge on any atom is -0.469 e. The Morgan fingerprint density at radius 3 is 2.68 bits per heavy atom. The van der Waals surface area contributed by atoms with Crippen LogP contribution in [0.4, 0.5) is 0 Å². The van der Waals surface area contributed by atoms with Gasteiger partial charge in [0.1, 0.15) is 0 Å². The van der Waals surface area contributed by atoms with E-state index >= 15 is 0 Å². The lowest BCUT2D eigenvalue weighted by Crippen LogP contribution is -2.46. The summed E-state index contributed by atoms with van der Waals surface area (Å²) in [6.45, 7) is 0.187. The molecule has 120 valence electrons. The molecule has 1 aromatic carbocycles. The molecule has 1 aliphatic rings. The van der Waals surface area contributed by atoms with E-state index in [-0.39, 0.29) is 24.3 Å². The molecule has 6 heteroatoms. The van der Waals surface area contributed by atoms with Gasteiger partial charge in [-0.3, -0.25) is 9.59 Å². The van der Waals surface area contributed by atoms with Crippen molar-refractivity contribution in [3.63, 3.8) is 0 Å². The number of benzene rings is 1.